The number of hydrogen-bond acceptors (Lipinski definition) is 4. The fourth-order valence-electron chi connectivity index (χ4n) is 1.16. The predicted octanol–water partition coefficient (Wildman–Crippen LogP) is 1.51. The van der Waals surface area contributed by atoms with Crippen LogP contribution >= 0.6 is 0 Å². The Hall–Kier alpha value is -2.28. The third-order valence-electron chi connectivity index (χ3n) is 1.93. The number of hydrogen-bond donors (Lipinski definition) is 1. The van der Waals surface area contributed by atoms with Crippen LogP contribution in [0.25, 0.3) is 0 Å². The zero-order chi connectivity index (χ0) is 12.7. The Morgan fingerprint density at radius 2 is 2.29 bits per heavy atom. The highest BCUT2D eigenvalue weighted by Gasteiger charge is 2.00. The predicted molar refractivity (Wildman–Crippen MR) is 61.6 cm³/mol. The first-order chi connectivity index (χ1) is 8.17. The normalized spacial score (nSPS) is 9.00. The molecule has 0 bridgehead atoms. The molecule has 1 aromatic rings. The number of carbonyl (C=O) groups excluding carboxylic acids is 2. The lowest BCUT2D eigenvalue weighted by Crippen LogP contribution is -2.01. The van der Waals surface area contributed by atoms with Crippen LogP contribution in [0.15, 0.2) is 18.2 Å². The number of benzene rings is 1. The molecule has 0 saturated carbocycles. The molecule has 1 aromatic carbocycles. The maximum Gasteiger partial charge on any atom is 0.317 e. The Balaban J connectivity index is 2.72. The summed E-state index contributed by atoms with van der Waals surface area (Å²) in [5, 5.41) is 9.27. The molecular formula is C13H12O4. The van der Waals surface area contributed by atoms with Crippen molar-refractivity contribution in [3.05, 3.63) is 29.3 Å². The molecule has 1 N–H and O–H groups in total. The molecule has 1 rings (SSSR count). The van der Waals surface area contributed by atoms with Crippen LogP contribution in [0.3, 0.4) is 0 Å². The third-order valence-corrected chi connectivity index (χ3v) is 1.93. The lowest BCUT2D eigenvalue weighted by molar-refractivity contribution is -0.141. The molecule has 0 aliphatic heterocycles. The van der Waals surface area contributed by atoms with Crippen LogP contribution in [-0.4, -0.2) is 24.0 Å². The van der Waals surface area contributed by atoms with E-state index in [0.717, 1.165) is 0 Å². The molecule has 0 spiro atoms. The molecule has 0 aliphatic carbocycles. The van der Waals surface area contributed by atoms with E-state index in [1.165, 1.54) is 12.1 Å². The zero-order valence-corrected chi connectivity index (χ0v) is 9.40. The third kappa shape index (κ3) is 3.99. The first-order valence-electron chi connectivity index (χ1n) is 5.10. The van der Waals surface area contributed by atoms with Gasteiger partial charge in [0.15, 0.2) is 6.29 Å². The molecule has 0 fully saturated rings. The topological polar surface area (TPSA) is 63.6 Å². The van der Waals surface area contributed by atoms with Crippen molar-refractivity contribution >= 4 is 12.3 Å². The summed E-state index contributed by atoms with van der Waals surface area (Å²) in [4.78, 5) is 21.6. The minimum Gasteiger partial charge on any atom is -0.507 e. The molecule has 4 heteroatoms. The summed E-state index contributed by atoms with van der Waals surface area (Å²) in [6.45, 7) is 2.05. The highest BCUT2D eigenvalue weighted by molar-refractivity contribution is 5.80. The molecular weight excluding hydrogens is 220 g/mol. The highest BCUT2D eigenvalue weighted by atomic mass is 16.5. The summed E-state index contributed by atoms with van der Waals surface area (Å²) in [5.74, 6) is 4.88. The van der Waals surface area contributed by atoms with Gasteiger partial charge in [-0.05, 0) is 25.1 Å². The molecule has 0 saturated heterocycles. The van der Waals surface area contributed by atoms with Crippen LogP contribution in [0, 0.1) is 11.8 Å². The monoisotopic (exact) mass is 232 g/mol. The second-order valence-corrected chi connectivity index (χ2v) is 3.18. The van der Waals surface area contributed by atoms with E-state index < -0.39 is 0 Å². The van der Waals surface area contributed by atoms with Crippen molar-refractivity contribution in [2.75, 3.05) is 6.61 Å². The Bertz CT molecular complexity index is 480. The Kier molecular flexibility index (Phi) is 4.77. The number of aldehydes is 1. The van der Waals surface area contributed by atoms with Gasteiger partial charge in [0.1, 0.15) is 12.2 Å². The summed E-state index contributed by atoms with van der Waals surface area (Å²) >= 11 is 0. The van der Waals surface area contributed by atoms with Gasteiger partial charge in [0.25, 0.3) is 0 Å². The lowest BCUT2D eigenvalue weighted by atomic mass is 10.1. The fraction of sp³-hybridized carbons (Fsp3) is 0.231. The van der Waals surface area contributed by atoms with Crippen molar-refractivity contribution in [3.8, 4) is 17.6 Å². The second kappa shape index (κ2) is 6.33. The van der Waals surface area contributed by atoms with Crippen LogP contribution in [0.2, 0.25) is 0 Å². The van der Waals surface area contributed by atoms with E-state index in [1.54, 1.807) is 13.0 Å². The molecule has 0 atom stereocenters. The van der Waals surface area contributed by atoms with Gasteiger partial charge in [0, 0.05) is 5.56 Å². The van der Waals surface area contributed by atoms with Crippen LogP contribution in [0.4, 0.5) is 0 Å². The van der Waals surface area contributed by atoms with E-state index in [1.807, 2.05) is 0 Å². The summed E-state index contributed by atoms with van der Waals surface area (Å²) in [6, 6.07) is 4.42. The molecule has 0 amide bonds. The van der Waals surface area contributed by atoms with Gasteiger partial charge >= 0.3 is 5.97 Å². The van der Waals surface area contributed by atoms with E-state index in [-0.39, 0.29) is 23.7 Å². The van der Waals surface area contributed by atoms with Crippen molar-refractivity contribution in [2.24, 2.45) is 0 Å². The van der Waals surface area contributed by atoms with Crippen molar-refractivity contribution in [3.63, 3.8) is 0 Å². The van der Waals surface area contributed by atoms with E-state index in [4.69, 9.17) is 4.74 Å². The van der Waals surface area contributed by atoms with Crippen molar-refractivity contribution in [1.29, 1.82) is 0 Å². The van der Waals surface area contributed by atoms with Gasteiger partial charge in [-0.1, -0.05) is 11.8 Å². The number of phenolic OH excluding ortho intramolecular Hbond substituents is 1. The van der Waals surface area contributed by atoms with E-state index in [0.29, 0.717) is 18.5 Å². The standard InChI is InChI=1S/C13H12O4/c1-2-17-13(16)5-3-4-10-6-7-12(15)11(8-10)9-14/h6-9,15H,2,5H2,1H3. The molecule has 0 radical (unpaired) electrons. The van der Waals surface area contributed by atoms with E-state index in [2.05, 4.69) is 11.8 Å². The largest absolute Gasteiger partial charge is 0.507 e. The quantitative estimate of drug-likeness (QED) is 0.487. The SMILES string of the molecule is CCOC(=O)CC#Cc1ccc(O)c(C=O)c1. The average Bonchev–Trinajstić information content (AvgIpc) is 2.31. The number of ether oxygens (including phenoxy) is 1. The maximum absolute atomic E-state index is 11.0. The molecule has 0 unspecified atom stereocenters. The van der Waals surface area contributed by atoms with Gasteiger partial charge in [-0.25, -0.2) is 0 Å². The van der Waals surface area contributed by atoms with Gasteiger partial charge in [-0.3, -0.25) is 9.59 Å². The Labute approximate surface area is 99.2 Å². The lowest BCUT2D eigenvalue weighted by Gasteiger charge is -1.97. The number of phenols is 1. The van der Waals surface area contributed by atoms with Gasteiger partial charge < -0.3 is 9.84 Å². The summed E-state index contributed by atoms with van der Waals surface area (Å²) < 4.78 is 4.71. The Morgan fingerprint density at radius 3 is 2.94 bits per heavy atom. The second-order valence-electron chi connectivity index (χ2n) is 3.18. The highest BCUT2D eigenvalue weighted by Crippen LogP contribution is 2.15. The first kappa shape index (κ1) is 12.8. The number of rotatable bonds is 3. The fourth-order valence-corrected chi connectivity index (χ4v) is 1.16. The minimum atomic E-state index is -0.380. The first-order valence-corrected chi connectivity index (χ1v) is 5.10. The molecule has 0 heterocycles. The molecule has 0 aromatic heterocycles. The number of aromatic hydroxyl groups is 1. The van der Waals surface area contributed by atoms with Gasteiger partial charge in [0.2, 0.25) is 0 Å². The maximum atomic E-state index is 11.0. The summed E-state index contributed by atoms with van der Waals surface area (Å²) in [5.41, 5.74) is 0.738. The van der Waals surface area contributed by atoms with Crippen molar-refractivity contribution in [2.45, 2.75) is 13.3 Å². The number of carbonyl (C=O) groups is 2. The van der Waals surface area contributed by atoms with E-state index >= 15 is 0 Å². The van der Waals surface area contributed by atoms with Crippen LogP contribution in [-0.2, 0) is 9.53 Å². The summed E-state index contributed by atoms with van der Waals surface area (Å²) in [7, 11) is 0. The Morgan fingerprint density at radius 1 is 1.53 bits per heavy atom. The number of esters is 1. The summed E-state index contributed by atoms with van der Waals surface area (Å²) in [6.07, 6.45) is 0.553. The van der Waals surface area contributed by atoms with Gasteiger partial charge in [-0.2, -0.15) is 0 Å². The van der Waals surface area contributed by atoms with Crippen LogP contribution < -0.4 is 0 Å². The van der Waals surface area contributed by atoms with E-state index in [9.17, 15) is 14.7 Å². The van der Waals surface area contributed by atoms with Crippen LogP contribution in [0.1, 0.15) is 29.3 Å². The molecule has 0 aliphatic rings. The van der Waals surface area contributed by atoms with Crippen molar-refractivity contribution in [1.82, 2.24) is 0 Å². The molecule has 17 heavy (non-hydrogen) atoms. The minimum absolute atomic E-state index is 0.00510. The van der Waals surface area contributed by atoms with Crippen molar-refractivity contribution < 1.29 is 19.4 Å². The average molecular weight is 232 g/mol. The van der Waals surface area contributed by atoms with Gasteiger partial charge in [-0.15, -0.1) is 0 Å². The van der Waals surface area contributed by atoms with Crippen LogP contribution in [0.5, 0.6) is 5.75 Å². The zero-order valence-electron chi connectivity index (χ0n) is 9.40. The smallest absolute Gasteiger partial charge is 0.317 e. The van der Waals surface area contributed by atoms with Gasteiger partial charge in [0.05, 0.1) is 12.2 Å². The molecule has 88 valence electrons. The molecule has 4 nitrogen and oxygen atoms in total.